The fourth-order valence-electron chi connectivity index (χ4n) is 11.6. The Morgan fingerprint density at radius 2 is 1.24 bits per heavy atom. The van der Waals surface area contributed by atoms with Crippen molar-refractivity contribution in [2.24, 2.45) is 17.8 Å². The molecule has 0 aromatic heterocycles. The van der Waals surface area contributed by atoms with Gasteiger partial charge in [-0.3, -0.25) is 13.9 Å². The third-order valence-corrected chi connectivity index (χ3v) is 34.6. The Morgan fingerprint density at radius 3 is 1.86 bits per heavy atom. The van der Waals surface area contributed by atoms with Crippen molar-refractivity contribution in [1.29, 1.82) is 0 Å². The van der Waals surface area contributed by atoms with Crippen LogP contribution in [-0.4, -0.2) is 134 Å². The summed E-state index contributed by atoms with van der Waals surface area (Å²) in [5.41, 5.74) is 1.70. The summed E-state index contributed by atoms with van der Waals surface area (Å²) in [6.45, 7) is 49.4. The predicted molar refractivity (Wildman–Crippen MR) is 323 cm³/mol. The molecule has 0 aliphatic carbocycles. The molecular formula is C61H104O13P2Si3. The maximum atomic E-state index is 14.3. The first-order valence-electron chi connectivity index (χ1n) is 29.9. The number of esters is 1. The average Bonchev–Trinajstić information content (AvgIpc) is 3.74. The molecule has 3 unspecified atom stereocenters. The number of hydrogen-bond acceptors (Lipinski definition) is 13. The summed E-state index contributed by atoms with van der Waals surface area (Å²) in [4.78, 5) is 28.5. The fraction of sp³-hybridized carbons (Fsp3) is 0.836. The zero-order chi connectivity index (χ0) is 58.8. The second-order valence-electron chi connectivity index (χ2n) is 28.9. The summed E-state index contributed by atoms with van der Waals surface area (Å²) in [5, 5.41) is -0.382. The van der Waals surface area contributed by atoms with E-state index >= 15 is 0 Å². The first kappa shape index (κ1) is 66.8. The normalized spacial score (nSPS) is 38.5. The molecule has 0 aromatic carbocycles. The van der Waals surface area contributed by atoms with Gasteiger partial charge in [-0.1, -0.05) is 108 Å². The van der Waals surface area contributed by atoms with E-state index in [9.17, 15) is 18.7 Å². The van der Waals surface area contributed by atoms with Gasteiger partial charge in [-0.2, -0.15) is 0 Å². The van der Waals surface area contributed by atoms with Gasteiger partial charge in [0.25, 0.3) is 0 Å². The summed E-state index contributed by atoms with van der Waals surface area (Å²) < 4.78 is 88.1. The Kier molecular flexibility index (Phi) is 22.7. The van der Waals surface area contributed by atoms with Crippen molar-refractivity contribution in [3.8, 4) is 0 Å². The van der Waals surface area contributed by atoms with E-state index in [-0.39, 0.29) is 104 Å². The van der Waals surface area contributed by atoms with Crippen LogP contribution in [-0.2, 0) is 60.4 Å². The van der Waals surface area contributed by atoms with Gasteiger partial charge in [-0.15, -0.1) is 0 Å². The van der Waals surface area contributed by atoms with Gasteiger partial charge in [-0.05, 0) is 135 Å². The van der Waals surface area contributed by atoms with Crippen LogP contribution >= 0.6 is 16.9 Å². The molecule has 6 rings (SSSR count). The van der Waals surface area contributed by atoms with Crippen LogP contribution < -0.4 is 0 Å². The molecule has 6 aliphatic heterocycles. The topological polar surface area (TPSA) is 151 Å². The maximum absolute atomic E-state index is 14.3. The Balaban J connectivity index is 1.40. The number of carbonyl (C=O) groups is 2. The molecule has 5 fully saturated rings. The van der Waals surface area contributed by atoms with E-state index in [2.05, 4.69) is 129 Å². The number of ether oxygens (including phenoxy) is 6. The van der Waals surface area contributed by atoms with Gasteiger partial charge >= 0.3 is 5.97 Å². The molecule has 0 aromatic rings. The van der Waals surface area contributed by atoms with Gasteiger partial charge in [0.05, 0.1) is 78.9 Å². The van der Waals surface area contributed by atoms with E-state index in [1.165, 1.54) is 6.08 Å². The van der Waals surface area contributed by atoms with Gasteiger partial charge in [-0.25, -0.2) is 4.79 Å². The third-order valence-electron chi connectivity index (χ3n) is 19.9. The molecule has 0 N–H and O–H groups in total. The zero-order valence-corrected chi connectivity index (χ0v) is 56.6. The van der Waals surface area contributed by atoms with Gasteiger partial charge in [0, 0.05) is 36.9 Å². The van der Waals surface area contributed by atoms with E-state index in [0.717, 1.165) is 30.4 Å². The molecule has 0 saturated carbocycles. The minimum absolute atomic E-state index is 0.00203. The molecule has 6 bridgehead atoms. The lowest BCUT2D eigenvalue weighted by Crippen LogP contribution is -2.65. The van der Waals surface area contributed by atoms with Crippen LogP contribution in [0.3, 0.4) is 0 Å². The van der Waals surface area contributed by atoms with Crippen LogP contribution in [0.1, 0.15) is 154 Å². The second kappa shape index (κ2) is 26.9. The highest BCUT2D eigenvalue weighted by molar-refractivity contribution is 7.25. The highest BCUT2D eigenvalue weighted by Gasteiger charge is 2.56. The number of fused-ring (bicyclic) bond motifs is 8. The fourth-order valence-corrected chi connectivity index (χ4v) is 16.6. The number of rotatable bonds is 10. The highest BCUT2D eigenvalue weighted by Crippen LogP contribution is 2.48. The van der Waals surface area contributed by atoms with Gasteiger partial charge < -0.3 is 41.7 Å². The standard InChI is InChI=1S/C61H104O13P2Si3/c1-37-33-44-28-30-45-38(2)34-43(66-45)27-25-42(62)26-29-48(72-77(15,16)59(6,7)8)57-58(74-79(19,20)61(12,13)14)56(73-78(17,18)60(9,10)11)40(4)46(69-57)23-21-22-24-53(63)71-55-41(5)54-51(68-50(55)35-49(67-44)39(37)3)36-52(76-65)47(70-54)31-32-75-64/h22,24,26,29,37,40-41,43-52,54-58H,2-3,21,23,25,27-28,30-36H2,1,4-20H3/b24-22-,29-26+/t37-,40+,41+,43+,44?,45+,46+,47-,48+,49-,50?,51+,52-,54+,55?,56+,57+,58+/m1/s1. The highest BCUT2D eigenvalue weighted by atomic mass is 31.1. The smallest absolute Gasteiger partial charge is 0.330 e. The largest absolute Gasteiger partial charge is 0.456 e. The SMILES string of the molecule is C=C1C[C@@H]2CCC(=O)/C=C/[C@H](O[Si](C)(C)C(C)(C)C)[C@@H]3O[C@@H](CC/C=C\C(=O)OC4C(C[C@H]5OC(CC[C@@H]1O2)C[C@@H](C)C5=C)O[C@H]1C[C@@H](P=O)[C@@H](CCP=O)O[C@H]1[C@@H]4C)[C@H](C)[C@H](O[Si](C)(C)C(C)(C)C)[C@@H]3O[Si](C)(C)C(C)(C)C. The Morgan fingerprint density at radius 1 is 0.633 bits per heavy atom. The summed E-state index contributed by atoms with van der Waals surface area (Å²) >= 11 is 0. The van der Waals surface area contributed by atoms with Crippen molar-refractivity contribution >= 4 is 53.6 Å². The van der Waals surface area contributed by atoms with E-state index in [1.54, 1.807) is 6.08 Å². The van der Waals surface area contributed by atoms with E-state index in [4.69, 9.17) is 41.7 Å². The summed E-state index contributed by atoms with van der Waals surface area (Å²) in [7, 11) is -7.52. The minimum atomic E-state index is -2.53. The number of carbonyl (C=O) groups excluding carboxylic acids is 2. The lowest BCUT2D eigenvalue weighted by molar-refractivity contribution is -0.252. The quantitative estimate of drug-likeness (QED) is 0.0884. The predicted octanol–water partition coefficient (Wildman–Crippen LogP) is 14.9. The molecule has 18 atom stereocenters. The summed E-state index contributed by atoms with van der Waals surface area (Å²) in [6.07, 6.45) is 8.22. The van der Waals surface area contributed by atoms with Crippen molar-refractivity contribution in [2.75, 3.05) is 6.16 Å². The molecule has 79 heavy (non-hydrogen) atoms. The first-order valence-corrected chi connectivity index (χ1v) is 40.5. The third kappa shape index (κ3) is 16.5. The summed E-state index contributed by atoms with van der Waals surface area (Å²) in [6, 6.07) is 0. The van der Waals surface area contributed by atoms with Crippen LogP contribution in [0.15, 0.2) is 48.6 Å². The Hall–Kier alpha value is -1.37. The Bertz CT molecular complexity index is 2200. The van der Waals surface area contributed by atoms with Gasteiger partial charge in [0.15, 0.2) is 47.7 Å². The van der Waals surface area contributed by atoms with Gasteiger partial charge in [0.2, 0.25) is 0 Å². The molecule has 6 aliphatic rings. The second-order valence-corrected chi connectivity index (χ2v) is 44.8. The van der Waals surface area contributed by atoms with Gasteiger partial charge in [0.1, 0.15) is 12.2 Å². The monoisotopic (exact) mass is 1190 g/mol. The van der Waals surface area contributed by atoms with Crippen LogP contribution in [0.5, 0.6) is 0 Å². The zero-order valence-electron chi connectivity index (χ0n) is 51.8. The van der Waals surface area contributed by atoms with Crippen LogP contribution in [0.2, 0.25) is 54.4 Å². The maximum Gasteiger partial charge on any atom is 0.330 e. The molecule has 0 spiro atoms. The van der Waals surface area contributed by atoms with E-state index in [1.807, 2.05) is 19.1 Å². The van der Waals surface area contributed by atoms with Crippen molar-refractivity contribution in [2.45, 2.75) is 299 Å². The van der Waals surface area contributed by atoms with Crippen molar-refractivity contribution < 1.29 is 60.4 Å². The molecule has 0 radical (unpaired) electrons. The lowest BCUT2D eigenvalue weighted by Gasteiger charge is -2.54. The van der Waals surface area contributed by atoms with Crippen molar-refractivity contribution in [3.63, 3.8) is 0 Å². The van der Waals surface area contributed by atoms with E-state index < -0.39 is 73.6 Å². The van der Waals surface area contributed by atoms with E-state index in [0.29, 0.717) is 57.5 Å². The lowest BCUT2D eigenvalue weighted by atomic mass is 9.79. The first-order chi connectivity index (χ1) is 36.6. The average molecular weight is 1190 g/mol. The summed E-state index contributed by atoms with van der Waals surface area (Å²) in [5.74, 6) is -0.705. The van der Waals surface area contributed by atoms with Crippen LogP contribution in [0, 0.1) is 17.8 Å². The van der Waals surface area contributed by atoms with Crippen molar-refractivity contribution in [1.82, 2.24) is 0 Å². The molecule has 448 valence electrons. The molecule has 18 heteroatoms. The van der Waals surface area contributed by atoms with Crippen molar-refractivity contribution in [3.05, 3.63) is 48.6 Å². The minimum Gasteiger partial charge on any atom is -0.456 e. The molecule has 13 nitrogen and oxygen atoms in total. The number of allylic oxidation sites excluding steroid dienone is 2. The van der Waals surface area contributed by atoms with Crippen LogP contribution in [0.4, 0.5) is 0 Å². The molecular weight excluding hydrogens is 1090 g/mol. The Labute approximate surface area is 483 Å². The van der Waals surface area contributed by atoms with Crippen LogP contribution in [0.25, 0.3) is 0 Å². The number of hydrogen-bond donors (Lipinski definition) is 0. The molecule has 5 saturated heterocycles. The molecule has 6 heterocycles. The molecule has 0 amide bonds. The number of ketones is 1.